The number of nitro groups is 1. The van der Waals surface area contributed by atoms with Crippen LogP contribution in [0.4, 0.5) is 17.1 Å². The number of nitrogens with two attached hydrogens (primary N) is 1. The maximum absolute atomic E-state index is 13.2. The van der Waals surface area contributed by atoms with Crippen LogP contribution in [-0.4, -0.2) is 16.7 Å². The Labute approximate surface area is 154 Å². The van der Waals surface area contributed by atoms with Gasteiger partial charge in [0.25, 0.3) is 17.5 Å². The molecular formula is C20H15N3O4. The van der Waals surface area contributed by atoms with Gasteiger partial charge in [-0.05, 0) is 48.6 Å². The highest BCUT2D eigenvalue weighted by atomic mass is 16.6. The predicted molar refractivity (Wildman–Crippen MR) is 102 cm³/mol. The Hall–Kier alpha value is -3.74. The lowest BCUT2D eigenvalue weighted by Crippen LogP contribution is -2.41. The zero-order valence-electron chi connectivity index (χ0n) is 14.6. The summed E-state index contributed by atoms with van der Waals surface area (Å²) in [6, 6.07) is 11.0. The highest BCUT2D eigenvalue weighted by Gasteiger charge is 2.36. The minimum atomic E-state index is -0.584. The Morgan fingerprint density at radius 3 is 2.30 bits per heavy atom. The monoisotopic (exact) mass is 361 g/mol. The minimum absolute atomic E-state index is 0.120. The molecule has 27 heavy (non-hydrogen) atoms. The number of benzene rings is 3. The summed E-state index contributed by atoms with van der Waals surface area (Å²) in [7, 11) is 0. The molecule has 3 aromatic carbocycles. The lowest BCUT2D eigenvalue weighted by atomic mass is 9.92. The van der Waals surface area contributed by atoms with Crippen LogP contribution in [-0.2, 0) is 0 Å². The molecule has 0 unspecified atom stereocenters. The number of carbonyl (C=O) groups is 2. The summed E-state index contributed by atoms with van der Waals surface area (Å²) in [4.78, 5) is 38.2. The number of nitrogen functional groups attached to an aromatic ring is 1. The molecule has 0 aliphatic carbocycles. The quantitative estimate of drug-likeness (QED) is 0.324. The van der Waals surface area contributed by atoms with Crippen molar-refractivity contribution >= 4 is 39.6 Å². The summed E-state index contributed by atoms with van der Waals surface area (Å²) in [5.74, 6) is -1.08. The van der Waals surface area contributed by atoms with Crippen molar-refractivity contribution in [2.24, 2.45) is 0 Å². The first-order valence-corrected chi connectivity index (χ1v) is 8.25. The smallest absolute Gasteiger partial charge is 0.270 e. The second-order valence-corrected chi connectivity index (χ2v) is 6.65. The summed E-state index contributed by atoms with van der Waals surface area (Å²) >= 11 is 0. The number of non-ortho nitro benzene ring substituents is 1. The molecule has 7 heteroatoms. The van der Waals surface area contributed by atoms with Crippen LogP contribution >= 0.6 is 0 Å². The Morgan fingerprint density at radius 2 is 1.63 bits per heavy atom. The fourth-order valence-electron chi connectivity index (χ4n) is 3.48. The molecule has 1 aliphatic rings. The van der Waals surface area contributed by atoms with Crippen molar-refractivity contribution in [3.05, 3.63) is 74.8 Å². The lowest BCUT2D eigenvalue weighted by molar-refractivity contribution is -0.384. The molecule has 0 saturated carbocycles. The Balaban J connectivity index is 2.06. The van der Waals surface area contributed by atoms with Gasteiger partial charge in [-0.3, -0.25) is 19.7 Å². The van der Waals surface area contributed by atoms with Gasteiger partial charge in [0.05, 0.1) is 21.7 Å². The number of anilines is 2. The van der Waals surface area contributed by atoms with Crippen LogP contribution < -0.4 is 10.6 Å². The van der Waals surface area contributed by atoms with Gasteiger partial charge >= 0.3 is 0 Å². The van der Waals surface area contributed by atoms with E-state index in [9.17, 15) is 19.7 Å². The number of carbonyl (C=O) groups excluding carboxylic acids is 2. The summed E-state index contributed by atoms with van der Waals surface area (Å²) in [5.41, 5.74) is 8.45. The van der Waals surface area contributed by atoms with Gasteiger partial charge in [0.15, 0.2) is 0 Å². The van der Waals surface area contributed by atoms with E-state index in [0.717, 1.165) is 16.0 Å². The van der Waals surface area contributed by atoms with E-state index in [1.807, 2.05) is 19.1 Å². The SMILES string of the molecule is Cc1ccc(C)c(N2C(=O)c3cc(N)cc4cc([N+](=O)[O-])cc(c34)C2=O)c1. The van der Waals surface area contributed by atoms with Crippen molar-refractivity contribution in [2.45, 2.75) is 13.8 Å². The minimum Gasteiger partial charge on any atom is -0.399 e. The molecular weight excluding hydrogens is 346 g/mol. The number of hydrogen-bond acceptors (Lipinski definition) is 5. The average Bonchev–Trinajstić information content (AvgIpc) is 2.61. The van der Waals surface area contributed by atoms with Crippen molar-refractivity contribution in [1.82, 2.24) is 0 Å². The molecule has 0 saturated heterocycles. The average molecular weight is 361 g/mol. The van der Waals surface area contributed by atoms with E-state index >= 15 is 0 Å². The first-order chi connectivity index (χ1) is 12.8. The largest absolute Gasteiger partial charge is 0.399 e. The zero-order chi connectivity index (χ0) is 19.5. The van der Waals surface area contributed by atoms with E-state index in [1.54, 1.807) is 13.0 Å². The molecule has 1 aliphatic heterocycles. The maximum atomic E-state index is 13.2. The second-order valence-electron chi connectivity index (χ2n) is 6.65. The molecule has 4 rings (SSSR count). The summed E-state index contributed by atoms with van der Waals surface area (Å²) in [6.07, 6.45) is 0. The molecule has 0 spiro atoms. The van der Waals surface area contributed by atoms with Crippen LogP contribution in [0.15, 0.2) is 42.5 Å². The molecule has 0 aromatic heterocycles. The van der Waals surface area contributed by atoms with Gasteiger partial charge in [-0.2, -0.15) is 0 Å². The number of rotatable bonds is 2. The summed E-state index contributed by atoms with van der Waals surface area (Å²) in [5, 5.41) is 12.1. The van der Waals surface area contributed by atoms with Gasteiger partial charge in [-0.25, -0.2) is 4.90 Å². The van der Waals surface area contributed by atoms with Crippen LogP contribution in [0.5, 0.6) is 0 Å². The number of nitrogens with zero attached hydrogens (tertiary/aromatic N) is 2. The van der Waals surface area contributed by atoms with E-state index in [1.165, 1.54) is 24.3 Å². The second kappa shape index (κ2) is 5.63. The van der Waals surface area contributed by atoms with Crippen molar-refractivity contribution in [2.75, 3.05) is 10.6 Å². The van der Waals surface area contributed by atoms with Crippen molar-refractivity contribution in [3.8, 4) is 0 Å². The third-order valence-electron chi connectivity index (χ3n) is 4.74. The van der Waals surface area contributed by atoms with Gasteiger partial charge in [-0.1, -0.05) is 12.1 Å². The van der Waals surface area contributed by atoms with Gasteiger partial charge in [0, 0.05) is 23.2 Å². The molecule has 134 valence electrons. The van der Waals surface area contributed by atoms with Crippen LogP contribution in [0.25, 0.3) is 10.8 Å². The molecule has 2 amide bonds. The fourth-order valence-corrected chi connectivity index (χ4v) is 3.48. The molecule has 0 bridgehead atoms. The highest BCUT2D eigenvalue weighted by Crippen LogP contribution is 2.37. The third-order valence-corrected chi connectivity index (χ3v) is 4.74. The van der Waals surface area contributed by atoms with Crippen LogP contribution in [0.1, 0.15) is 31.8 Å². The summed E-state index contributed by atoms with van der Waals surface area (Å²) < 4.78 is 0. The Bertz CT molecular complexity index is 1180. The number of aryl methyl sites for hydroxylation is 2. The molecule has 0 radical (unpaired) electrons. The molecule has 0 atom stereocenters. The van der Waals surface area contributed by atoms with Crippen molar-refractivity contribution in [1.29, 1.82) is 0 Å². The lowest BCUT2D eigenvalue weighted by Gasteiger charge is -2.28. The van der Waals surface area contributed by atoms with Gasteiger partial charge < -0.3 is 5.73 Å². The Morgan fingerprint density at radius 1 is 0.963 bits per heavy atom. The number of nitro benzene ring substituents is 1. The Kier molecular flexibility index (Phi) is 3.49. The van der Waals surface area contributed by atoms with E-state index in [2.05, 4.69) is 0 Å². The van der Waals surface area contributed by atoms with Crippen molar-refractivity contribution in [3.63, 3.8) is 0 Å². The zero-order valence-corrected chi connectivity index (χ0v) is 14.6. The van der Waals surface area contributed by atoms with Crippen molar-refractivity contribution < 1.29 is 14.5 Å². The molecule has 2 N–H and O–H groups in total. The van der Waals surface area contributed by atoms with Crippen LogP contribution in [0.2, 0.25) is 0 Å². The number of amides is 2. The standard InChI is InChI=1S/C20H15N3O4/c1-10-3-4-11(2)17(5-10)22-19(24)15-8-13(21)6-12-7-14(23(26)27)9-16(18(12)15)20(22)25/h3-9H,21H2,1-2H3. The number of imide groups is 1. The first kappa shape index (κ1) is 16.7. The predicted octanol–water partition coefficient (Wildman–Crippen LogP) is 3.75. The topological polar surface area (TPSA) is 107 Å². The first-order valence-electron chi connectivity index (χ1n) is 8.25. The van der Waals surface area contributed by atoms with Gasteiger partial charge in [-0.15, -0.1) is 0 Å². The van der Waals surface area contributed by atoms with Gasteiger partial charge in [0.1, 0.15) is 0 Å². The molecule has 0 fully saturated rings. The van der Waals surface area contributed by atoms with E-state index in [4.69, 9.17) is 5.73 Å². The third kappa shape index (κ3) is 2.43. The van der Waals surface area contributed by atoms with E-state index < -0.39 is 16.7 Å². The summed E-state index contributed by atoms with van der Waals surface area (Å²) in [6.45, 7) is 3.66. The molecule has 3 aromatic rings. The highest BCUT2D eigenvalue weighted by molar-refractivity contribution is 6.36. The van der Waals surface area contributed by atoms with Gasteiger partial charge in [0.2, 0.25) is 0 Å². The number of hydrogen-bond donors (Lipinski definition) is 1. The van der Waals surface area contributed by atoms with E-state index in [-0.39, 0.29) is 16.8 Å². The fraction of sp³-hybridized carbons (Fsp3) is 0.100. The van der Waals surface area contributed by atoms with E-state index in [0.29, 0.717) is 22.1 Å². The maximum Gasteiger partial charge on any atom is 0.270 e. The molecule has 7 nitrogen and oxygen atoms in total. The normalized spacial score (nSPS) is 13.3. The van der Waals surface area contributed by atoms with Crippen LogP contribution in [0.3, 0.4) is 0 Å². The molecule has 1 heterocycles. The van der Waals surface area contributed by atoms with Crippen LogP contribution in [0, 0.1) is 24.0 Å².